The summed E-state index contributed by atoms with van der Waals surface area (Å²) in [5.41, 5.74) is 2.34. The monoisotopic (exact) mass is 267 g/mol. The molecule has 0 radical (unpaired) electrons. The van der Waals surface area contributed by atoms with Crippen molar-refractivity contribution in [2.75, 3.05) is 12.4 Å². The van der Waals surface area contributed by atoms with Gasteiger partial charge in [0, 0.05) is 23.2 Å². The average molecular weight is 268 g/mol. The Morgan fingerprint density at radius 1 is 1.35 bits per heavy atom. The highest BCUT2D eigenvalue weighted by Crippen LogP contribution is 2.28. The van der Waals surface area contributed by atoms with Crippen LogP contribution < -0.4 is 10.1 Å². The predicted molar refractivity (Wildman–Crippen MR) is 74.4 cm³/mol. The van der Waals surface area contributed by atoms with Gasteiger partial charge in [0.1, 0.15) is 5.75 Å². The summed E-state index contributed by atoms with van der Waals surface area (Å²) in [6.07, 6.45) is 0. The van der Waals surface area contributed by atoms with Crippen molar-refractivity contribution < 1.29 is 4.74 Å². The molecule has 0 saturated carbocycles. The minimum atomic E-state index is 0.630. The van der Waals surface area contributed by atoms with E-state index in [1.165, 1.54) is 10.4 Å². The highest BCUT2D eigenvalue weighted by Gasteiger charge is 2.03. The summed E-state index contributed by atoms with van der Waals surface area (Å²) in [4.78, 5) is 1.35. The molecule has 90 valence electrons. The smallest absolute Gasteiger partial charge is 0.139 e. The van der Waals surface area contributed by atoms with Crippen LogP contribution in [0.3, 0.4) is 0 Å². The molecule has 0 fully saturated rings. The van der Waals surface area contributed by atoms with Crippen LogP contribution in [-0.4, -0.2) is 7.11 Å². The van der Waals surface area contributed by atoms with E-state index in [1.54, 1.807) is 18.4 Å². The molecule has 0 aliphatic carbocycles. The first kappa shape index (κ1) is 12.3. The molecule has 17 heavy (non-hydrogen) atoms. The largest absolute Gasteiger partial charge is 0.495 e. The fraction of sp³-hybridized carbons (Fsp3) is 0.231. The van der Waals surface area contributed by atoms with E-state index in [9.17, 15) is 0 Å². The highest BCUT2D eigenvalue weighted by atomic mass is 35.5. The summed E-state index contributed by atoms with van der Waals surface area (Å²) in [6.45, 7) is 2.95. The van der Waals surface area contributed by atoms with Crippen molar-refractivity contribution in [2.24, 2.45) is 0 Å². The minimum Gasteiger partial charge on any atom is -0.495 e. The number of hydrogen-bond donors (Lipinski definition) is 1. The molecule has 2 aromatic rings. The van der Waals surface area contributed by atoms with Gasteiger partial charge in [0.05, 0.1) is 12.1 Å². The van der Waals surface area contributed by atoms with E-state index in [0.29, 0.717) is 10.8 Å². The van der Waals surface area contributed by atoms with Crippen LogP contribution >= 0.6 is 22.9 Å². The van der Waals surface area contributed by atoms with Gasteiger partial charge in [0.25, 0.3) is 0 Å². The van der Waals surface area contributed by atoms with E-state index in [-0.39, 0.29) is 0 Å². The molecule has 0 spiro atoms. The third-order valence-corrected chi connectivity index (χ3v) is 3.91. The van der Waals surface area contributed by atoms with E-state index < -0.39 is 0 Å². The summed E-state index contributed by atoms with van der Waals surface area (Å²) in [6, 6.07) is 7.83. The lowest BCUT2D eigenvalue weighted by Gasteiger charge is -2.09. The second-order valence-electron chi connectivity index (χ2n) is 3.73. The van der Waals surface area contributed by atoms with Crippen LogP contribution in [-0.2, 0) is 6.54 Å². The molecule has 1 aromatic carbocycles. The number of hydrogen-bond acceptors (Lipinski definition) is 3. The number of halogens is 1. The van der Waals surface area contributed by atoms with Gasteiger partial charge in [-0.05, 0) is 36.1 Å². The SMILES string of the molecule is COc1cc(NCc2sccc2C)ccc1Cl. The third kappa shape index (κ3) is 2.93. The Balaban J connectivity index is 2.07. The van der Waals surface area contributed by atoms with Crippen LogP contribution in [0.1, 0.15) is 10.4 Å². The maximum Gasteiger partial charge on any atom is 0.139 e. The van der Waals surface area contributed by atoms with Crippen molar-refractivity contribution in [2.45, 2.75) is 13.5 Å². The van der Waals surface area contributed by atoms with Crippen LogP contribution in [0.25, 0.3) is 0 Å². The van der Waals surface area contributed by atoms with Gasteiger partial charge in [0.2, 0.25) is 0 Å². The molecule has 1 heterocycles. The van der Waals surface area contributed by atoms with Gasteiger partial charge >= 0.3 is 0 Å². The van der Waals surface area contributed by atoms with Crippen LogP contribution in [0.15, 0.2) is 29.6 Å². The first-order valence-electron chi connectivity index (χ1n) is 5.31. The standard InChI is InChI=1S/C13H14ClNOS/c1-9-5-6-17-13(9)8-15-10-3-4-11(14)12(7-10)16-2/h3-7,15H,8H2,1-2H3. The van der Waals surface area contributed by atoms with Gasteiger partial charge < -0.3 is 10.1 Å². The molecule has 0 aliphatic rings. The topological polar surface area (TPSA) is 21.3 Å². The number of aryl methyl sites for hydroxylation is 1. The Bertz CT molecular complexity index is 510. The van der Waals surface area contributed by atoms with Crippen molar-refractivity contribution in [3.63, 3.8) is 0 Å². The Morgan fingerprint density at radius 3 is 2.82 bits per heavy atom. The zero-order valence-corrected chi connectivity index (χ0v) is 11.4. The van der Waals surface area contributed by atoms with Crippen molar-refractivity contribution in [1.29, 1.82) is 0 Å². The molecular weight excluding hydrogens is 254 g/mol. The van der Waals surface area contributed by atoms with Crippen LogP contribution in [0.4, 0.5) is 5.69 Å². The molecule has 4 heteroatoms. The minimum absolute atomic E-state index is 0.630. The first-order valence-corrected chi connectivity index (χ1v) is 6.57. The lowest BCUT2D eigenvalue weighted by atomic mass is 10.2. The summed E-state index contributed by atoms with van der Waals surface area (Å²) >= 11 is 7.73. The van der Waals surface area contributed by atoms with Crippen molar-refractivity contribution in [3.05, 3.63) is 45.1 Å². The summed E-state index contributed by atoms with van der Waals surface area (Å²) < 4.78 is 5.18. The third-order valence-electron chi connectivity index (χ3n) is 2.57. The van der Waals surface area contributed by atoms with Gasteiger partial charge in [-0.2, -0.15) is 0 Å². The Kier molecular flexibility index (Phi) is 3.92. The molecule has 0 amide bonds. The fourth-order valence-electron chi connectivity index (χ4n) is 1.54. The number of thiophene rings is 1. The molecule has 1 aromatic heterocycles. The average Bonchev–Trinajstić information content (AvgIpc) is 2.74. The van der Waals surface area contributed by atoms with Gasteiger partial charge in [0.15, 0.2) is 0 Å². The molecule has 0 aliphatic heterocycles. The van der Waals surface area contributed by atoms with Crippen LogP contribution in [0.5, 0.6) is 5.75 Å². The number of anilines is 1. The Hall–Kier alpha value is -1.19. The quantitative estimate of drug-likeness (QED) is 0.890. The molecule has 1 N–H and O–H groups in total. The second-order valence-corrected chi connectivity index (χ2v) is 5.14. The van der Waals surface area contributed by atoms with E-state index >= 15 is 0 Å². The molecule has 2 rings (SSSR count). The number of rotatable bonds is 4. The van der Waals surface area contributed by atoms with Crippen LogP contribution in [0, 0.1) is 6.92 Å². The summed E-state index contributed by atoms with van der Waals surface area (Å²) in [7, 11) is 1.62. The van der Waals surface area contributed by atoms with Gasteiger partial charge in [-0.1, -0.05) is 11.6 Å². The predicted octanol–water partition coefficient (Wildman–Crippen LogP) is 4.33. The zero-order chi connectivity index (χ0) is 12.3. The molecule has 0 bridgehead atoms. The van der Waals surface area contributed by atoms with E-state index in [2.05, 4.69) is 23.7 Å². The Labute approximate surface area is 110 Å². The zero-order valence-electron chi connectivity index (χ0n) is 9.79. The lowest BCUT2D eigenvalue weighted by Crippen LogP contribution is -1.99. The van der Waals surface area contributed by atoms with E-state index in [4.69, 9.17) is 16.3 Å². The lowest BCUT2D eigenvalue weighted by molar-refractivity contribution is 0.415. The first-order chi connectivity index (χ1) is 8.20. The fourth-order valence-corrected chi connectivity index (χ4v) is 2.58. The number of nitrogens with one attached hydrogen (secondary N) is 1. The number of methoxy groups -OCH3 is 1. The summed E-state index contributed by atoms with van der Waals surface area (Å²) in [5.74, 6) is 0.694. The maximum absolute atomic E-state index is 5.97. The maximum atomic E-state index is 5.97. The highest BCUT2D eigenvalue weighted by molar-refractivity contribution is 7.10. The van der Waals surface area contributed by atoms with Crippen molar-refractivity contribution >= 4 is 28.6 Å². The Morgan fingerprint density at radius 2 is 2.18 bits per heavy atom. The molecular formula is C13H14ClNOS. The van der Waals surface area contributed by atoms with Gasteiger partial charge in [-0.3, -0.25) is 0 Å². The second kappa shape index (κ2) is 5.43. The van der Waals surface area contributed by atoms with E-state index in [0.717, 1.165) is 12.2 Å². The van der Waals surface area contributed by atoms with Gasteiger partial charge in [-0.15, -0.1) is 11.3 Å². The molecule has 0 unspecified atom stereocenters. The van der Waals surface area contributed by atoms with Crippen molar-refractivity contribution in [1.82, 2.24) is 0 Å². The van der Waals surface area contributed by atoms with Gasteiger partial charge in [-0.25, -0.2) is 0 Å². The number of benzene rings is 1. The van der Waals surface area contributed by atoms with E-state index in [1.807, 2.05) is 18.2 Å². The summed E-state index contributed by atoms with van der Waals surface area (Å²) in [5, 5.41) is 6.10. The molecule has 0 atom stereocenters. The molecule has 0 saturated heterocycles. The van der Waals surface area contributed by atoms with Crippen molar-refractivity contribution in [3.8, 4) is 5.75 Å². The van der Waals surface area contributed by atoms with Crippen LogP contribution in [0.2, 0.25) is 5.02 Å². The molecule has 2 nitrogen and oxygen atoms in total. The number of ether oxygens (including phenoxy) is 1. The normalized spacial score (nSPS) is 10.3.